The van der Waals surface area contributed by atoms with Gasteiger partial charge in [-0.25, -0.2) is 9.97 Å². The number of unbranched alkanes of at least 4 members (excludes halogenated alkanes) is 7. The normalized spacial score (nSPS) is 11.4. The zero-order valence-electron chi connectivity index (χ0n) is 22.6. The van der Waals surface area contributed by atoms with E-state index in [1.165, 1.54) is 38.5 Å². The largest absolute Gasteiger partial charge is 0.337 e. The van der Waals surface area contributed by atoms with Crippen molar-refractivity contribution in [1.82, 2.24) is 24.0 Å². The van der Waals surface area contributed by atoms with Crippen molar-refractivity contribution >= 4 is 23.6 Å². The molecule has 0 fully saturated rings. The Bertz CT molecular complexity index is 1030. The third-order valence-electron chi connectivity index (χ3n) is 6.51. The summed E-state index contributed by atoms with van der Waals surface area (Å²) < 4.78 is 8.78. The molecule has 0 aliphatic rings. The van der Waals surface area contributed by atoms with E-state index >= 15 is 0 Å². The standard InChI is InChI=1S/C27H41N7O3S/c1-32-19-16-29-25(32)21-34(22-26-30-17-20-33(26)2)18-10-8-6-4-3-5-7-9-11-27(35)31-23-12-14-24(15-13-23)38-37-36-28/h12-17,19-20H,3-11,18,21-22,28H2,1-2H3,(H,31,35). The minimum Gasteiger partial charge on any atom is -0.337 e. The number of nitrogens with zero attached hydrogens (tertiary/aromatic N) is 5. The Balaban J connectivity index is 1.22. The van der Waals surface area contributed by atoms with Crippen LogP contribution in [-0.2, 0) is 41.3 Å². The van der Waals surface area contributed by atoms with Gasteiger partial charge in [-0.05, 0) is 43.7 Å². The molecule has 0 aliphatic carbocycles. The third kappa shape index (κ3) is 11.0. The number of benzene rings is 1. The molecular weight excluding hydrogens is 502 g/mol. The van der Waals surface area contributed by atoms with Crippen LogP contribution in [0.1, 0.15) is 69.4 Å². The molecule has 0 aliphatic heterocycles. The van der Waals surface area contributed by atoms with E-state index in [0.29, 0.717) is 6.42 Å². The minimum absolute atomic E-state index is 0.0487. The van der Waals surface area contributed by atoms with Gasteiger partial charge in [0, 0.05) is 55.9 Å². The predicted molar refractivity (Wildman–Crippen MR) is 149 cm³/mol. The lowest BCUT2D eigenvalue weighted by molar-refractivity contribution is -0.195. The molecule has 0 bridgehead atoms. The van der Waals surface area contributed by atoms with Crippen LogP contribution in [0.2, 0.25) is 0 Å². The first-order chi connectivity index (χ1) is 18.5. The van der Waals surface area contributed by atoms with Crippen LogP contribution in [0.15, 0.2) is 53.9 Å². The number of carbonyl (C=O) groups is 1. The number of carbonyl (C=O) groups excluding carboxylic acids is 1. The maximum absolute atomic E-state index is 12.2. The average Bonchev–Trinajstić information content (AvgIpc) is 3.51. The van der Waals surface area contributed by atoms with Gasteiger partial charge in [0.15, 0.2) is 0 Å². The van der Waals surface area contributed by atoms with Crippen molar-refractivity contribution < 1.29 is 14.1 Å². The van der Waals surface area contributed by atoms with E-state index in [9.17, 15) is 4.79 Å². The summed E-state index contributed by atoms with van der Waals surface area (Å²) in [5, 5.41) is 2.93. The fourth-order valence-corrected chi connectivity index (χ4v) is 4.63. The lowest BCUT2D eigenvalue weighted by Crippen LogP contribution is -2.27. The Hall–Kier alpha value is -2.70. The fraction of sp³-hybridized carbons (Fsp3) is 0.519. The summed E-state index contributed by atoms with van der Waals surface area (Å²) >= 11 is 1.01. The Kier molecular flexibility index (Phi) is 13.4. The molecule has 0 spiro atoms. The molecular formula is C27H41N7O3S. The highest BCUT2D eigenvalue weighted by atomic mass is 32.2. The molecule has 208 valence electrons. The van der Waals surface area contributed by atoms with Crippen LogP contribution < -0.4 is 11.2 Å². The number of hydrogen-bond donors (Lipinski definition) is 2. The van der Waals surface area contributed by atoms with E-state index in [2.05, 4.69) is 38.6 Å². The second-order valence-corrected chi connectivity index (χ2v) is 10.3. The molecule has 0 saturated carbocycles. The van der Waals surface area contributed by atoms with Crippen LogP contribution in [0.4, 0.5) is 5.69 Å². The number of aromatic nitrogens is 4. The molecule has 38 heavy (non-hydrogen) atoms. The van der Waals surface area contributed by atoms with Gasteiger partial charge in [-0.15, -0.1) is 9.32 Å². The van der Waals surface area contributed by atoms with Gasteiger partial charge in [0.1, 0.15) is 11.6 Å². The zero-order valence-corrected chi connectivity index (χ0v) is 23.4. The zero-order chi connectivity index (χ0) is 27.0. The van der Waals surface area contributed by atoms with Crippen molar-refractivity contribution in [2.24, 2.45) is 20.0 Å². The number of aryl methyl sites for hydroxylation is 2. The van der Waals surface area contributed by atoms with Gasteiger partial charge < -0.3 is 14.5 Å². The van der Waals surface area contributed by atoms with Gasteiger partial charge >= 0.3 is 0 Å². The summed E-state index contributed by atoms with van der Waals surface area (Å²) in [6.07, 6.45) is 17.5. The molecule has 0 unspecified atom stereocenters. The van der Waals surface area contributed by atoms with Gasteiger partial charge in [0.2, 0.25) is 5.91 Å². The van der Waals surface area contributed by atoms with Gasteiger partial charge in [-0.3, -0.25) is 9.69 Å². The number of nitrogens with one attached hydrogen (secondary N) is 1. The predicted octanol–water partition coefficient (Wildman–Crippen LogP) is 5.13. The number of nitrogens with two attached hydrogens (primary N) is 1. The Morgan fingerprint density at radius 1 is 0.895 bits per heavy atom. The monoisotopic (exact) mass is 543 g/mol. The molecule has 3 N–H and O–H groups in total. The molecule has 3 rings (SSSR count). The van der Waals surface area contributed by atoms with E-state index in [1.54, 1.807) is 0 Å². The lowest BCUT2D eigenvalue weighted by Gasteiger charge is -2.21. The van der Waals surface area contributed by atoms with Crippen LogP contribution in [0, 0.1) is 0 Å². The SMILES string of the molecule is Cn1ccnc1CN(CCCCCCCCCCC(=O)Nc1ccc(SOON)cc1)Cc1nccn1C. The van der Waals surface area contributed by atoms with E-state index in [0.717, 1.165) is 66.8 Å². The van der Waals surface area contributed by atoms with Crippen LogP contribution in [0.3, 0.4) is 0 Å². The smallest absolute Gasteiger partial charge is 0.224 e. The minimum atomic E-state index is 0.0487. The van der Waals surface area contributed by atoms with Gasteiger partial charge in [0.25, 0.3) is 0 Å². The molecule has 0 atom stereocenters. The molecule has 3 aromatic rings. The highest BCUT2D eigenvalue weighted by Crippen LogP contribution is 2.21. The lowest BCUT2D eigenvalue weighted by atomic mass is 10.1. The van der Waals surface area contributed by atoms with Crippen LogP contribution in [0.5, 0.6) is 0 Å². The van der Waals surface area contributed by atoms with Crippen molar-refractivity contribution in [3.05, 3.63) is 60.7 Å². The first-order valence-corrected chi connectivity index (χ1v) is 14.0. The summed E-state index contributed by atoms with van der Waals surface area (Å²) in [6, 6.07) is 7.32. The van der Waals surface area contributed by atoms with Gasteiger partial charge in [-0.2, -0.15) is 5.90 Å². The van der Waals surface area contributed by atoms with Gasteiger partial charge in [-0.1, -0.05) is 38.5 Å². The molecule has 2 heterocycles. The molecule has 0 saturated heterocycles. The van der Waals surface area contributed by atoms with Crippen molar-refractivity contribution in [3.63, 3.8) is 0 Å². The van der Waals surface area contributed by atoms with E-state index in [-0.39, 0.29) is 5.91 Å². The van der Waals surface area contributed by atoms with Crippen molar-refractivity contribution in [2.75, 3.05) is 11.9 Å². The van der Waals surface area contributed by atoms with Crippen LogP contribution in [-0.4, -0.2) is 36.5 Å². The highest BCUT2D eigenvalue weighted by molar-refractivity contribution is 7.94. The molecule has 11 heteroatoms. The summed E-state index contributed by atoms with van der Waals surface area (Å²) in [5.41, 5.74) is 0.770. The second kappa shape index (κ2) is 17.0. The van der Waals surface area contributed by atoms with Gasteiger partial charge in [0.05, 0.1) is 25.1 Å². The third-order valence-corrected chi connectivity index (χ3v) is 7.12. The Morgan fingerprint density at radius 2 is 1.45 bits per heavy atom. The van der Waals surface area contributed by atoms with Crippen LogP contribution in [0.25, 0.3) is 0 Å². The number of anilines is 1. The Morgan fingerprint density at radius 3 is 1.97 bits per heavy atom. The maximum Gasteiger partial charge on any atom is 0.224 e. The first kappa shape index (κ1) is 29.9. The number of rotatable bonds is 19. The first-order valence-electron chi connectivity index (χ1n) is 13.3. The van der Waals surface area contributed by atoms with E-state index in [1.807, 2.05) is 63.1 Å². The maximum atomic E-state index is 12.2. The number of hydrogen-bond acceptors (Lipinski definition) is 8. The molecule has 2 aromatic heterocycles. The Labute approximate surface area is 230 Å². The quantitative estimate of drug-likeness (QED) is 0.0926. The molecule has 0 radical (unpaired) electrons. The fourth-order valence-electron chi connectivity index (χ4n) is 4.27. The van der Waals surface area contributed by atoms with Crippen molar-refractivity contribution in [3.8, 4) is 0 Å². The molecule has 10 nitrogen and oxygen atoms in total. The summed E-state index contributed by atoms with van der Waals surface area (Å²) in [4.78, 5) is 28.5. The van der Waals surface area contributed by atoms with E-state index in [4.69, 9.17) is 5.90 Å². The van der Waals surface area contributed by atoms with Crippen LogP contribution >= 0.6 is 12.0 Å². The summed E-state index contributed by atoms with van der Waals surface area (Å²) in [5.74, 6) is 7.03. The topological polar surface area (TPSA) is 112 Å². The summed E-state index contributed by atoms with van der Waals surface area (Å²) in [6.45, 7) is 2.69. The molecule has 1 amide bonds. The van der Waals surface area contributed by atoms with Crippen molar-refractivity contribution in [2.45, 2.75) is 75.8 Å². The summed E-state index contributed by atoms with van der Waals surface area (Å²) in [7, 11) is 4.09. The number of amides is 1. The molecule has 1 aromatic carbocycles. The van der Waals surface area contributed by atoms with Crippen molar-refractivity contribution in [1.29, 1.82) is 0 Å². The van der Waals surface area contributed by atoms with E-state index < -0.39 is 0 Å². The number of imidazole rings is 2. The average molecular weight is 544 g/mol. The highest BCUT2D eigenvalue weighted by Gasteiger charge is 2.12. The second-order valence-electron chi connectivity index (χ2n) is 9.52.